The molecule has 0 aliphatic heterocycles. The number of hydrogen-bond donors (Lipinski definition) is 1. The van der Waals surface area contributed by atoms with Crippen LogP contribution in [0.3, 0.4) is 0 Å². The van der Waals surface area contributed by atoms with Crippen LogP contribution in [0.1, 0.15) is 25.6 Å². The van der Waals surface area contributed by atoms with Gasteiger partial charge in [-0.15, -0.1) is 0 Å². The van der Waals surface area contributed by atoms with E-state index in [-0.39, 0.29) is 17.8 Å². The highest BCUT2D eigenvalue weighted by molar-refractivity contribution is 4.91. The standard InChI is InChI=1S/C10H16F3N3O/c1-6(2)7(14-3)4-9-15-8(16-17-9)5-10(11,12)13/h6-7,14H,4-5H2,1-3H3. The van der Waals surface area contributed by atoms with Crippen molar-refractivity contribution in [3.05, 3.63) is 11.7 Å². The Morgan fingerprint density at radius 3 is 2.47 bits per heavy atom. The summed E-state index contributed by atoms with van der Waals surface area (Å²) in [5, 5.41) is 6.37. The Kier molecular flexibility index (Phi) is 4.50. The maximum atomic E-state index is 12.1. The van der Waals surface area contributed by atoms with Gasteiger partial charge < -0.3 is 9.84 Å². The molecule has 0 spiro atoms. The molecule has 0 aliphatic carbocycles. The summed E-state index contributed by atoms with van der Waals surface area (Å²) in [7, 11) is 1.79. The average Bonchev–Trinajstić information content (AvgIpc) is 2.58. The Labute approximate surface area is 97.6 Å². The van der Waals surface area contributed by atoms with Gasteiger partial charge in [-0.2, -0.15) is 18.2 Å². The third-order valence-corrected chi connectivity index (χ3v) is 2.44. The fourth-order valence-electron chi connectivity index (χ4n) is 1.48. The summed E-state index contributed by atoms with van der Waals surface area (Å²) in [4.78, 5) is 3.73. The van der Waals surface area contributed by atoms with Crippen LogP contribution in [0.2, 0.25) is 0 Å². The first-order valence-corrected chi connectivity index (χ1v) is 5.37. The van der Waals surface area contributed by atoms with E-state index >= 15 is 0 Å². The molecule has 0 saturated heterocycles. The van der Waals surface area contributed by atoms with Gasteiger partial charge in [0.05, 0.1) is 0 Å². The summed E-state index contributed by atoms with van der Waals surface area (Å²) in [6.07, 6.45) is -5.02. The van der Waals surface area contributed by atoms with Crippen LogP contribution in [0.4, 0.5) is 13.2 Å². The van der Waals surface area contributed by atoms with Crippen LogP contribution in [-0.4, -0.2) is 29.4 Å². The number of likely N-dealkylation sites (N-methyl/N-ethyl adjacent to an activating group) is 1. The molecule has 7 heteroatoms. The van der Waals surface area contributed by atoms with Crippen molar-refractivity contribution in [1.29, 1.82) is 0 Å². The second-order valence-electron chi connectivity index (χ2n) is 4.24. The minimum absolute atomic E-state index is 0.106. The van der Waals surface area contributed by atoms with Crippen LogP contribution >= 0.6 is 0 Å². The summed E-state index contributed by atoms with van der Waals surface area (Å²) < 4.78 is 41.0. The van der Waals surface area contributed by atoms with Crippen molar-refractivity contribution in [2.24, 2.45) is 5.92 Å². The first-order valence-electron chi connectivity index (χ1n) is 5.37. The lowest BCUT2D eigenvalue weighted by atomic mass is 10.0. The second-order valence-corrected chi connectivity index (χ2v) is 4.24. The SMILES string of the molecule is CNC(Cc1nc(CC(F)(F)F)no1)C(C)C. The zero-order chi connectivity index (χ0) is 13.1. The van der Waals surface area contributed by atoms with Crippen LogP contribution in [-0.2, 0) is 12.8 Å². The summed E-state index contributed by atoms with van der Waals surface area (Å²) in [6, 6.07) is 0.106. The number of aromatic nitrogens is 2. The van der Waals surface area contributed by atoms with E-state index in [9.17, 15) is 13.2 Å². The van der Waals surface area contributed by atoms with Gasteiger partial charge in [0.2, 0.25) is 5.89 Å². The molecule has 98 valence electrons. The minimum atomic E-state index is -4.30. The topological polar surface area (TPSA) is 51.0 Å². The Hall–Kier alpha value is -1.11. The van der Waals surface area contributed by atoms with Crippen molar-refractivity contribution in [3.63, 3.8) is 0 Å². The summed E-state index contributed by atoms with van der Waals surface area (Å²) >= 11 is 0. The molecular weight excluding hydrogens is 235 g/mol. The zero-order valence-corrected chi connectivity index (χ0v) is 10.0. The molecule has 1 aromatic heterocycles. The number of halogens is 3. The fraction of sp³-hybridized carbons (Fsp3) is 0.800. The fourth-order valence-corrected chi connectivity index (χ4v) is 1.48. The van der Waals surface area contributed by atoms with Gasteiger partial charge in [-0.3, -0.25) is 0 Å². The van der Waals surface area contributed by atoms with Gasteiger partial charge in [-0.1, -0.05) is 19.0 Å². The van der Waals surface area contributed by atoms with Crippen molar-refractivity contribution in [2.45, 2.75) is 38.9 Å². The largest absolute Gasteiger partial charge is 0.396 e. The van der Waals surface area contributed by atoms with E-state index in [0.29, 0.717) is 12.3 Å². The van der Waals surface area contributed by atoms with E-state index in [1.165, 1.54) is 0 Å². The summed E-state index contributed by atoms with van der Waals surface area (Å²) in [5.74, 6) is 0.251. The first-order chi connectivity index (χ1) is 7.81. The highest BCUT2D eigenvalue weighted by atomic mass is 19.4. The molecule has 1 unspecified atom stereocenters. The van der Waals surface area contributed by atoms with Crippen molar-refractivity contribution in [2.75, 3.05) is 7.05 Å². The van der Waals surface area contributed by atoms with Crippen LogP contribution in [0.15, 0.2) is 4.52 Å². The molecule has 0 fully saturated rings. The van der Waals surface area contributed by atoms with E-state index in [1.807, 2.05) is 13.8 Å². The molecule has 1 atom stereocenters. The molecule has 0 amide bonds. The molecule has 1 rings (SSSR count). The van der Waals surface area contributed by atoms with Gasteiger partial charge in [-0.25, -0.2) is 0 Å². The summed E-state index contributed by atoms with van der Waals surface area (Å²) in [6.45, 7) is 4.02. The number of rotatable bonds is 5. The maximum Gasteiger partial charge on any atom is 0.396 e. The number of nitrogens with zero attached hydrogens (tertiary/aromatic N) is 2. The van der Waals surface area contributed by atoms with Crippen LogP contribution in [0, 0.1) is 5.92 Å². The predicted octanol–water partition coefficient (Wildman–Crippen LogP) is 1.96. The van der Waals surface area contributed by atoms with Gasteiger partial charge >= 0.3 is 6.18 Å². The van der Waals surface area contributed by atoms with Gasteiger partial charge in [0.25, 0.3) is 0 Å². The van der Waals surface area contributed by atoms with Crippen molar-refractivity contribution < 1.29 is 17.7 Å². The number of alkyl halides is 3. The highest BCUT2D eigenvalue weighted by Crippen LogP contribution is 2.19. The Balaban J connectivity index is 2.62. The number of nitrogens with one attached hydrogen (secondary N) is 1. The molecule has 4 nitrogen and oxygen atoms in total. The Morgan fingerprint density at radius 2 is 2.00 bits per heavy atom. The maximum absolute atomic E-state index is 12.1. The quantitative estimate of drug-likeness (QED) is 0.869. The Bertz CT molecular complexity index is 349. The zero-order valence-electron chi connectivity index (χ0n) is 10.0. The lowest BCUT2D eigenvalue weighted by Crippen LogP contribution is -2.32. The second kappa shape index (κ2) is 5.48. The normalized spacial score (nSPS) is 14.3. The van der Waals surface area contributed by atoms with Gasteiger partial charge in [0.1, 0.15) is 6.42 Å². The molecule has 0 radical (unpaired) electrons. The molecule has 1 N–H and O–H groups in total. The molecule has 0 aliphatic rings. The average molecular weight is 251 g/mol. The lowest BCUT2D eigenvalue weighted by Gasteiger charge is -2.17. The molecule has 17 heavy (non-hydrogen) atoms. The van der Waals surface area contributed by atoms with Gasteiger partial charge in [-0.05, 0) is 13.0 Å². The molecular formula is C10H16F3N3O. The Morgan fingerprint density at radius 1 is 1.35 bits per heavy atom. The highest BCUT2D eigenvalue weighted by Gasteiger charge is 2.30. The van der Waals surface area contributed by atoms with E-state index < -0.39 is 12.6 Å². The molecule has 1 heterocycles. The smallest absolute Gasteiger partial charge is 0.339 e. The minimum Gasteiger partial charge on any atom is -0.339 e. The monoisotopic (exact) mass is 251 g/mol. The van der Waals surface area contributed by atoms with Gasteiger partial charge in [0.15, 0.2) is 5.82 Å². The van der Waals surface area contributed by atoms with Gasteiger partial charge in [0, 0.05) is 12.5 Å². The van der Waals surface area contributed by atoms with Crippen LogP contribution < -0.4 is 5.32 Å². The van der Waals surface area contributed by atoms with Crippen molar-refractivity contribution in [1.82, 2.24) is 15.5 Å². The first kappa shape index (κ1) is 14.0. The summed E-state index contributed by atoms with van der Waals surface area (Å²) in [5.41, 5.74) is 0. The predicted molar refractivity (Wildman–Crippen MR) is 55.4 cm³/mol. The number of hydrogen-bond acceptors (Lipinski definition) is 4. The lowest BCUT2D eigenvalue weighted by molar-refractivity contribution is -0.128. The molecule has 1 aromatic rings. The van der Waals surface area contributed by atoms with Crippen molar-refractivity contribution >= 4 is 0 Å². The molecule has 0 bridgehead atoms. The third kappa shape index (κ3) is 4.72. The third-order valence-electron chi connectivity index (χ3n) is 2.44. The van der Waals surface area contributed by atoms with E-state index in [4.69, 9.17) is 4.52 Å². The molecule has 0 saturated carbocycles. The van der Waals surface area contributed by atoms with E-state index in [1.54, 1.807) is 7.05 Å². The van der Waals surface area contributed by atoms with E-state index in [0.717, 1.165) is 0 Å². The van der Waals surface area contributed by atoms with Crippen LogP contribution in [0.25, 0.3) is 0 Å². The van der Waals surface area contributed by atoms with E-state index in [2.05, 4.69) is 15.5 Å². The van der Waals surface area contributed by atoms with Crippen LogP contribution in [0.5, 0.6) is 0 Å². The van der Waals surface area contributed by atoms with Crippen molar-refractivity contribution in [3.8, 4) is 0 Å². The molecule has 0 aromatic carbocycles.